The Labute approximate surface area is 137 Å². The summed E-state index contributed by atoms with van der Waals surface area (Å²) in [4.78, 5) is 27.5. The fourth-order valence-electron chi connectivity index (χ4n) is 2.35. The van der Waals surface area contributed by atoms with Gasteiger partial charge in [0.05, 0.1) is 10.9 Å². The van der Waals surface area contributed by atoms with E-state index in [1.807, 2.05) is 36.4 Å². The van der Waals surface area contributed by atoms with Crippen LogP contribution in [0.2, 0.25) is 0 Å². The quantitative estimate of drug-likeness (QED) is 0.725. The van der Waals surface area contributed by atoms with Gasteiger partial charge in [-0.1, -0.05) is 42.5 Å². The molecule has 2 aromatic carbocycles. The average molecular weight is 325 g/mol. The van der Waals surface area contributed by atoms with Crippen LogP contribution in [-0.4, -0.2) is 15.6 Å². The van der Waals surface area contributed by atoms with Crippen molar-refractivity contribution >= 4 is 29.0 Å². The molecule has 1 heterocycles. The molecule has 0 saturated heterocycles. The molecule has 0 bridgehead atoms. The van der Waals surface area contributed by atoms with E-state index < -0.39 is 0 Å². The molecule has 3 aromatic rings. The monoisotopic (exact) mass is 325 g/mol. The van der Waals surface area contributed by atoms with Gasteiger partial charge in [0.25, 0.3) is 5.56 Å². The first-order valence-electron chi connectivity index (χ1n) is 7.23. The Morgan fingerprint density at radius 3 is 2.57 bits per heavy atom. The van der Waals surface area contributed by atoms with Gasteiger partial charge in [0.1, 0.15) is 0 Å². The van der Waals surface area contributed by atoms with Gasteiger partial charge < -0.3 is 4.98 Å². The molecule has 2 N–H and O–H groups in total. The molecule has 116 valence electrons. The summed E-state index contributed by atoms with van der Waals surface area (Å²) < 4.78 is 1.26. The lowest BCUT2D eigenvalue weighted by Gasteiger charge is -2.09. The zero-order valence-corrected chi connectivity index (χ0v) is 13.1. The highest BCUT2D eigenvalue weighted by Crippen LogP contribution is 2.06. The molecular formula is C17H15N3O2S. The second-order valence-corrected chi connectivity index (χ2v) is 5.52. The first kappa shape index (κ1) is 15.2. The van der Waals surface area contributed by atoms with Crippen molar-refractivity contribution in [3.05, 3.63) is 75.3 Å². The van der Waals surface area contributed by atoms with Crippen LogP contribution in [0.5, 0.6) is 0 Å². The fraction of sp³-hybridized carbons (Fsp3) is 0.118. The first-order chi connectivity index (χ1) is 11.1. The predicted octanol–water partition coefficient (Wildman–Crippen LogP) is 2.76. The number of hydrogen-bond donors (Lipinski definition) is 2. The molecule has 1 amide bonds. The second kappa shape index (κ2) is 6.58. The minimum atomic E-state index is -0.336. The standard InChI is InChI=1S/C17H15N3O2S/c21-15(11-10-12-6-2-1-3-7-12)19-20-16(22)13-8-4-5-9-14(13)18-17(20)23/h1-9H,10-11H2,(H,18,23)(H,19,21). The van der Waals surface area contributed by atoms with Crippen LogP contribution in [0.25, 0.3) is 10.9 Å². The molecule has 0 atom stereocenters. The van der Waals surface area contributed by atoms with Gasteiger partial charge in [-0.25, -0.2) is 0 Å². The lowest BCUT2D eigenvalue weighted by Crippen LogP contribution is -2.34. The van der Waals surface area contributed by atoms with Crippen molar-refractivity contribution in [1.29, 1.82) is 0 Å². The highest BCUT2D eigenvalue weighted by atomic mass is 32.1. The van der Waals surface area contributed by atoms with Crippen LogP contribution in [-0.2, 0) is 11.2 Å². The third-order valence-electron chi connectivity index (χ3n) is 3.53. The summed E-state index contributed by atoms with van der Waals surface area (Å²) in [6.45, 7) is 0. The maximum absolute atomic E-state index is 12.4. The number of para-hydroxylation sites is 1. The van der Waals surface area contributed by atoms with E-state index in [9.17, 15) is 9.59 Å². The van der Waals surface area contributed by atoms with Gasteiger partial charge in [-0.05, 0) is 36.3 Å². The predicted molar refractivity (Wildman–Crippen MR) is 92.5 cm³/mol. The highest BCUT2D eigenvalue weighted by molar-refractivity contribution is 7.71. The van der Waals surface area contributed by atoms with E-state index in [0.717, 1.165) is 10.2 Å². The zero-order chi connectivity index (χ0) is 16.2. The van der Waals surface area contributed by atoms with Crippen LogP contribution in [0.15, 0.2) is 59.4 Å². The summed E-state index contributed by atoms with van der Waals surface area (Å²) >= 11 is 5.16. The third kappa shape index (κ3) is 3.37. The van der Waals surface area contributed by atoms with Crippen molar-refractivity contribution in [2.45, 2.75) is 12.8 Å². The third-order valence-corrected chi connectivity index (χ3v) is 3.81. The molecule has 0 spiro atoms. The number of hydrogen-bond acceptors (Lipinski definition) is 3. The number of rotatable bonds is 4. The largest absolute Gasteiger partial charge is 0.330 e. The molecule has 1 aromatic heterocycles. The number of H-pyrrole nitrogens is 1. The van der Waals surface area contributed by atoms with E-state index in [-0.39, 0.29) is 22.7 Å². The first-order valence-corrected chi connectivity index (χ1v) is 7.64. The number of carbonyl (C=O) groups is 1. The topological polar surface area (TPSA) is 66.9 Å². The smallest absolute Gasteiger partial charge is 0.281 e. The Kier molecular flexibility index (Phi) is 4.34. The molecule has 0 aliphatic rings. The van der Waals surface area contributed by atoms with Crippen molar-refractivity contribution in [2.75, 3.05) is 5.43 Å². The number of aromatic amines is 1. The minimum absolute atomic E-state index is 0.168. The molecule has 0 saturated carbocycles. The second-order valence-electron chi connectivity index (χ2n) is 5.14. The maximum atomic E-state index is 12.4. The van der Waals surface area contributed by atoms with E-state index in [0.29, 0.717) is 17.3 Å². The number of fused-ring (bicyclic) bond motifs is 1. The van der Waals surface area contributed by atoms with Gasteiger partial charge >= 0.3 is 0 Å². The average Bonchev–Trinajstić information content (AvgIpc) is 2.58. The van der Waals surface area contributed by atoms with Crippen LogP contribution in [0.4, 0.5) is 0 Å². The van der Waals surface area contributed by atoms with E-state index >= 15 is 0 Å². The normalized spacial score (nSPS) is 10.6. The number of benzene rings is 2. The van der Waals surface area contributed by atoms with E-state index in [1.165, 1.54) is 0 Å². The van der Waals surface area contributed by atoms with Crippen molar-refractivity contribution in [3.63, 3.8) is 0 Å². The number of aryl methyl sites for hydroxylation is 1. The Morgan fingerprint density at radius 2 is 1.78 bits per heavy atom. The summed E-state index contributed by atoms with van der Waals surface area (Å²) in [6, 6.07) is 16.7. The Morgan fingerprint density at radius 1 is 1.09 bits per heavy atom. The van der Waals surface area contributed by atoms with Gasteiger partial charge in [-0.3, -0.25) is 15.0 Å². The molecule has 23 heavy (non-hydrogen) atoms. The van der Waals surface area contributed by atoms with Crippen LogP contribution in [0, 0.1) is 4.77 Å². The van der Waals surface area contributed by atoms with Gasteiger partial charge in [0.15, 0.2) is 4.77 Å². The summed E-state index contributed by atoms with van der Waals surface area (Å²) in [5.74, 6) is -0.259. The minimum Gasteiger partial charge on any atom is -0.330 e. The highest BCUT2D eigenvalue weighted by Gasteiger charge is 2.08. The lowest BCUT2D eigenvalue weighted by molar-refractivity contribution is -0.117. The van der Waals surface area contributed by atoms with Crippen molar-refractivity contribution in [1.82, 2.24) is 9.66 Å². The SMILES string of the molecule is O=C(CCc1ccccc1)Nn1c(=S)[nH]c2ccccc2c1=O. The fourth-order valence-corrected chi connectivity index (χ4v) is 2.59. The molecule has 0 fully saturated rings. The van der Waals surface area contributed by atoms with Crippen molar-refractivity contribution in [3.8, 4) is 0 Å². The zero-order valence-electron chi connectivity index (χ0n) is 12.3. The Hall–Kier alpha value is -2.73. The number of amides is 1. The number of aromatic nitrogens is 2. The number of nitrogens with one attached hydrogen (secondary N) is 2. The van der Waals surface area contributed by atoms with E-state index in [2.05, 4.69) is 10.4 Å². The van der Waals surface area contributed by atoms with Crippen LogP contribution >= 0.6 is 12.2 Å². The molecule has 5 nitrogen and oxygen atoms in total. The molecule has 0 aliphatic carbocycles. The van der Waals surface area contributed by atoms with Crippen LogP contribution < -0.4 is 11.0 Å². The van der Waals surface area contributed by atoms with Gasteiger partial charge in [0, 0.05) is 6.42 Å². The molecule has 6 heteroatoms. The van der Waals surface area contributed by atoms with Gasteiger partial charge in [-0.2, -0.15) is 4.68 Å². The van der Waals surface area contributed by atoms with E-state index in [1.54, 1.807) is 18.2 Å². The Bertz CT molecular complexity index is 961. The summed E-state index contributed by atoms with van der Waals surface area (Å²) in [6.07, 6.45) is 0.879. The Balaban J connectivity index is 1.80. The summed E-state index contributed by atoms with van der Waals surface area (Å²) in [7, 11) is 0. The van der Waals surface area contributed by atoms with Crippen LogP contribution in [0.3, 0.4) is 0 Å². The molecule has 0 unspecified atom stereocenters. The van der Waals surface area contributed by atoms with E-state index in [4.69, 9.17) is 12.2 Å². The lowest BCUT2D eigenvalue weighted by atomic mass is 10.1. The number of nitrogens with zero attached hydrogens (tertiary/aromatic N) is 1. The van der Waals surface area contributed by atoms with Gasteiger partial charge in [0.2, 0.25) is 5.91 Å². The summed E-state index contributed by atoms with van der Waals surface area (Å²) in [5, 5.41) is 0.476. The molecule has 0 radical (unpaired) electrons. The van der Waals surface area contributed by atoms with Crippen LogP contribution in [0.1, 0.15) is 12.0 Å². The molecule has 3 rings (SSSR count). The maximum Gasteiger partial charge on any atom is 0.281 e. The summed E-state index contributed by atoms with van der Waals surface area (Å²) in [5.41, 5.74) is 3.95. The number of carbonyl (C=O) groups excluding carboxylic acids is 1. The molecule has 0 aliphatic heterocycles. The van der Waals surface area contributed by atoms with Gasteiger partial charge in [-0.15, -0.1) is 0 Å². The van der Waals surface area contributed by atoms with Crippen molar-refractivity contribution in [2.24, 2.45) is 0 Å². The van der Waals surface area contributed by atoms with Crippen molar-refractivity contribution < 1.29 is 4.79 Å². The molecular weight excluding hydrogens is 310 g/mol.